The maximum Gasteiger partial charge on any atom is 0.255 e. The van der Waals surface area contributed by atoms with Crippen molar-refractivity contribution in [2.75, 3.05) is 13.7 Å². The number of amides is 1. The first-order chi connectivity index (χ1) is 8.58. The third-order valence-corrected chi connectivity index (χ3v) is 2.64. The Bertz CT molecular complexity index is 409. The lowest BCUT2D eigenvalue weighted by Gasteiger charge is -2.11. The highest BCUT2D eigenvalue weighted by Crippen LogP contribution is 2.18. The third kappa shape index (κ3) is 4.00. The molecule has 0 saturated heterocycles. The van der Waals surface area contributed by atoms with Gasteiger partial charge in [0.05, 0.1) is 18.8 Å². The molecule has 1 unspecified atom stereocenters. The van der Waals surface area contributed by atoms with Gasteiger partial charge in [0.25, 0.3) is 5.91 Å². The summed E-state index contributed by atoms with van der Waals surface area (Å²) < 4.78 is 18.1. The van der Waals surface area contributed by atoms with Gasteiger partial charge in [-0.15, -0.1) is 0 Å². The van der Waals surface area contributed by atoms with Crippen molar-refractivity contribution in [1.82, 2.24) is 5.32 Å². The van der Waals surface area contributed by atoms with Crippen LogP contribution in [0.15, 0.2) is 18.2 Å². The van der Waals surface area contributed by atoms with E-state index in [2.05, 4.69) is 5.32 Å². The molecule has 2 N–H and O–H groups in total. The molecule has 4 nitrogen and oxygen atoms in total. The minimum Gasteiger partial charge on any atom is -0.496 e. The Kier molecular flexibility index (Phi) is 5.58. The number of carbonyl (C=O) groups is 1. The molecule has 1 aromatic carbocycles. The maximum absolute atomic E-state index is 13.1. The number of hydrogen-bond acceptors (Lipinski definition) is 3. The summed E-state index contributed by atoms with van der Waals surface area (Å²) in [5.41, 5.74) is 0.156. The summed E-state index contributed by atoms with van der Waals surface area (Å²) in [7, 11) is 1.42. The number of rotatable bonds is 6. The number of carbonyl (C=O) groups excluding carboxylic acids is 1. The van der Waals surface area contributed by atoms with Crippen molar-refractivity contribution in [3.63, 3.8) is 0 Å². The van der Waals surface area contributed by atoms with Gasteiger partial charge in [-0.1, -0.05) is 6.92 Å². The molecule has 0 radical (unpaired) electrons. The Balaban J connectivity index is 2.63. The van der Waals surface area contributed by atoms with Gasteiger partial charge in [-0.05, 0) is 31.0 Å². The molecular weight excluding hydrogens is 237 g/mol. The highest BCUT2D eigenvalue weighted by atomic mass is 19.1. The van der Waals surface area contributed by atoms with Gasteiger partial charge in [-0.3, -0.25) is 4.79 Å². The molecule has 0 aliphatic carbocycles. The second-order valence-electron chi connectivity index (χ2n) is 3.95. The molecule has 1 amide bonds. The molecule has 0 heterocycles. The van der Waals surface area contributed by atoms with Gasteiger partial charge in [0.2, 0.25) is 0 Å². The van der Waals surface area contributed by atoms with E-state index >= 15 is 0 Å². The molecule has 0 aliphatic heterocycles. The second-order valence-corrected chi connectivity index (χ2v) is 3.95. The van der Waals surface area contributed by atoms with Crippen LogP contribution in [0, 0.1) is 5.82 Å². The van der Waals surface area contributed by atoms with E-state index in [9.17, 15) is 14.3 Å². The van der Waals surface area contributed by atoms with Crippen LogP contribution in [0.2, 0.25) is 0 Å². The zero-order chi connectivity index (χ0) is 13.5. The number of methoxy groups -OCH3 is 1. The van der Waals surface area contributed by atoms with E-state index in [1.54, 1.807) is 0 Å². The predicted octanol–water partition coefficient (Wildman–Crippen LogP) is 1.73. The van der Waals surface area contributed by atoms with Gasteiger partial charge >= 0.3 is 0 Å². The largest absolute Gasteiger partial charge is 0.496 e. The SMILES string of the molecule is CCC(O)CCNC(=O)c1cc(F)ccc1OC. The van der Waals surface area contributed by atoms with Gasteiger partial charge in [0.1, 0.15) is 11.6 Å². The molecule has 1 atom stereocenters. The second kappa shape index (κ2) is 6.96. The van der Waals surface area contributed by atoms with Crippen molar-refractivity contribution in [1.29, 1.82) is 0 Å². The first kappa shape index (κ1) is 14.4. The van der Waals surface area contributed by atoms with E-state index in [4.69, 9.17) is 4.74 Å². The lowest BCUT2D eigenvalue weighted by molar-refractivity contribution is 0.0938. The summed E-state index contributed by atoms with van der Waals surface area (Å²) in [4.78, 5) is 11.8. The summed E-state index contributed by atoms with van der Waals surface area (Å²) in [6, 6.07) is 3.77. The standard InChI is InChI=1S/C13H18FNO3/c1-3-10(16)6-7-15-13(17)11-8-9(14)4-5-12(11)18-2/h4-5,8,10,16H,3,6-7H2,1-2H3,(H,15,17). The number of aliphatic hydroxyl groups excluding tert-OH is 1. The van der Waals surface area contributed by atoms with Crippen LogP contribution in [0.5, 0.6) is 5.75 Å². The van der Waals surface area contributed by atoms with Crippen molar-refractivity contribution in [2.24, 2.45) is 0 Å². The summed E-state index contributed by atoms with van der Waals surface area (Å²) in [6.45, 7) is 2.20. The summed E-state index contributed by atoms with van der Waals surface area (Å²) in [5.74, 6) is -0.575. The van der Waals surface area contributed by atoms with Gasteiger partial charge in [-0.2, -0.15) is 0 Å². The molecule has 0 saturated carbocycles. The summed E-state index contributed by atoms with van der Waals surface area (Å²) >= 11 is 0. The third-order valence-electron chi connectivity index (χ3n) is 2.64. The molecule has 100 valence electrons. The number of hydrogen-bond donors (Lipinski definition) is 2. The van der Waals surface area contributed by atoms with Crippen molar-refractivity contribution >= 4 is 5.91 Å². The Morgan fingerprint density at radius 1 is 1.56 bits per heavy atom. The number of benzene rings is 1. The predicted molar refractivity (Wildman–Crippen MR) is 66.2 cm³/mol. The minimum absolute atomic E-state index is 0.156. The average Bonchev–Trinajstić information content (AvgIpc) is 2.38. The molecular formula is C13H18FNO3. The Morgan fingerprint density at radius 2 is 2.28 bits per heavy atom. The number of aliphatic hydroxyl groups is 1. The quantitative estimate of drug-likeness (QED) is 0.813. The van der Waals surface area contributed by atoms with Gasteiger partial charge in [0.15, 0.2) is 0 Å². The molecule has 0 fully saturated rings. The van der Waals surface area contributed by atoms with E-state index in [-0.39, 0.29) is 5.56 Å². The molecule has 0 spiro atoms. The van der Waals surface area contributed by atoms with Crippen molar-refractivity contribution in [3.05, 3.63) is 29.6 Å². The Morgan fingerprint density at radius 3 is 2.89 bits per heavy atom. The molecule has 5 heteroatoms. The minimum atomic E-state index is -0.491. The Hall–Kier alpha value is -1.62. The van der Waals surface area contributed by atoms with Gasteiger partial charge in [0, 0.05) is 6.54 Å². The van der Waals surface area contributed by atoms with Gasteiger partial charge < -0.3 is 15.2 Å². The summed E-state index contributed by atoms with van der Waals surface area (Å²) in [6.07, 6.45) is 0.679. The van der Waals surface area contributed by atoms with Crippen LogP contribution in [0.4, 0.5) is 4.39 Å². The van der Waals surface area contributed by atoms with Crippen LogP contribution < -0.4 is 10.1 Å². The Labute approximate surface area is 106 Å². The lowest BCUT2D eigenvalue weighted by Crippen LogP contribution is -2.27. The average molecular weight is 255 g/mol. The summed E-state index contributed by atoms with van der Waals surface area (Å²) in [5, 5.41) is 12.0. The monoisotopic (exact) mass is 255 g/mol. The zero-order valence-corrected chi connectivity index (χ0v) is 10.6. The number of halogens is 1. The van der Waals surface area contributed by atoms with Gasteiger partial charge in [-0.25, -0.2) is 4.39 Å². The van der Waals surface area contributed by atoms with Crippen LogP contribution in [0.1, 0.15) is 30.1 Å². The first-order valence-electron chi connectivity index (χ1n) is 5.88. The smallest absolute Gasteiger partial charge is 0.255 e. The number of nitrogens with one attached hydrogen (secondary N) is 1. The first-order valence-corrected chi connectivity index (χ1v) is 5.88. The lowest BCUT2D eigenvalue weighted by atomic mass is 10.1. The van der Waals surface area contributed by atoms with Crippen LogP contribution >= 0.6 is 0 Å². The van der Waals surface area contributed by atoms with Crippen molar-refractivity contribution < 1.29 is 19.0 Å². The fourth-order valence-corrected chi connectivity index (χ4v) is 1.51. The van der Waals surface area contributed by atoms with Crippen molar-refractivity contribution in [2.45, 2.75) is 25.9 Å². The highest BCUT2D eigenvalue weighted by Gasteiger charge is 2.13. The molecule has 1 rings (SSSR count). The van der Waals surface area contributed by atoms with E-state index in [1.807, 2.05) is 6.92 Å². The maximum atomic E-state index is 13.1. The fraction of sp³-hybridized carbons (Fsp3) is 0.462. The number of ether oxygens (including phenoxy) is 1. The molecule has 18 heavy (non-hydrogen) atoms. The van der Waals surface area contributed by atoms with E-state index in [0.717, 1.165) is 6.07 Å². The van der Waals surface area contributed by atoms with Crippen molar-refractivity contribution in [3.8, 4) is 5.75 Å². The fourth-order valence-electron chi connectivity index (χ4n) is 1.51. The molecule has 0 aromatic heterocycles. The van der Waals surface area contributed by atoms with E-state index in [1.165, 1.54) is 19.2 Å². The zero-order valence-electron chi connectivity index (χ0n) is 10.6. The van der Waals surface area contributed by atoms with Crippen LogP contribution in [-0.4, -0.2) is 30.8 Å². The van der Waals surface area contributed by atoms with E-state index in [0.29, 0.717) is 25.1 Å². The van der Waals surface area contributed by atoms with Crippen LogP contribution in [0.25, 0.3) is 0 Å². The normalized spacial score (nSPS) is 12.0. The topological polar surface area (TPSA) is 58.6 Å². The molecule has 0 bridgehead atoms. The molecule has 0 aliphatic rings. The van der Waals surface area contributed by atoms with E-state index < -0.39 is 17.8 Å². The van der Waals surface area contributed by atoms with Crippen LogP contribution in [0.3, 0.4) is 0 Å². The highest BCUT2D eigenvalue weighted by molar-refractivity contribution is 5.96. The molecule has 1 aromatic rings. The van der Waals surface area contributed by atoms with Crippen LogP contribution in [-0.2, 0) is 0 Å².